The molecule has 0 unspecified atom stereocenters. The molecule has 6 heteroatoms. The average molecular weight is 221 g/mol. The van der Waals surface area contributed by atoms with Crippen molar-refractivity contribution in [2.24, 2.45) is 0 Å². The third-order valence-electron chi connectivity index (χ3n) is 2.09. The Morgan fingerprint density at radius 1 is 1.50 bits per heavy atom. The van der Waals surface area contributed by atoms with Gasteiger partial charge >= 0.3 is 5.97 Å². The van der Waals surface area contributed by atoms with Crippen LogP contribution in [0.1, 0.15) is 16.2 Å². The Labute approximate surface area is 90.1 Å². The highest BCUT2D eigenvalue weighted by Crippen LogP contribution is 2.13. The first-order valence-electron chi connectivity index (χ1n) is 4.51. The summed E-state index contributed by atoms with van der Waals surface area (Å²) in [6, 6.07) is 5.51. The first-order valence-corrected chi connectivity index (χ1v) is 4.51. The van der Waals surface area contributed by atoms with E-state index in [1.54, 1.807) is 6.07 Å². The summed E-state index contributed by atoms with van der Waals surface area (Å²) in [6.07, 6.45) is 0. The van der Waals surface area contributed by atoms with Gasteiger partial charge in [-0.3, -0.25) is 0 Å². The quantitative estimate of drug-likeness (QED) is 0.832. The molecule has 1 N–H and O–H groups in total. The summed E-state index contributed by atoms with van der Waals surface area (Å²) in [4.78, 5) is 11.0. The van der Waals surface area contributed by atoms with E-state index in [2.05, 4.69) is 10.3 Å². The van der Waals surface area contributed by atoms with Crippen LogP contribution in [0.2, 0.25) is 0 Å². The molecule has 0 aliphatic carbocycles. The highest BCUT2D eigenvalue weighted by atomic mass is 19.1. The number of hydrogen-bond donors (Lipinski definition) is 1. The van der Waals surface area contributed by atoms with E-state index >= 15 is 0 Å². The number of aromatic nitrogens is 3. The van der Waals surface area contributed by atoms with E-state index in [0.717, 1.165) is 4.68 Å². The van der Waals surface area contributed by atoms with Crippen LogP contribution < -0.4 is 0 Å². The van der Waals surface area contributed by atoms with Crippen LogP contribution in [0.3, 0.4) is 0 Å². The first kappa shape index (κ1) is 10.3. The predicted octanol–water partition coefficient (Wildman–Crippen LogP) is 1.41. The lowest BCUT2D eigenvalue weighted by atomic mass is 10.3. The summed E-state index contributed by atoms with van der Waals surface area (Å²) in [6.45, 7) is 1.53. The molecule has 2 rings (SSSR count). The molecule has 0 bridgehead atoms. The molecule has 82 valence electrons. The van der Waals surface area contributed by atoms with Gasteiger partial charge in [-0.15, -0.1) is 5.10 Å². The number of aromatic carboxylic acids is 1. The van der Waals surface area contributed by atoms with Crippen molar-refractivity contribution in [2.75, 3.05) is 0 Å². The largest absolute Gasteiger partial charge is 0.476 e. The molecule has 0 saturated carbocycles. The van der Waals surface area contributed by atoms with E-state index < -0.39 is 11.8 Å². The number of carbonyl (C=O) groups is 1. The molecular formula is C10H8FN3O2. The minimum absolute atomic E-state index is 0.0643. The molecule has 1 aromatic carbocycles. The number of benzene rings is 1. The summed E-state index contributed by atoms with van der Waals surface area (Å²) >= 11 is 0. The summed E-state index contributed by atoms with van der Waals surface area (Å²) in [7, 11) is 0. The molecule has 1 heterocycles. The van der Waals surface area contributed by atoms with Gasteiger partial charge in [0.15, 0.2) is 5.69 Å². The summed E-state index contributed by atoms with van der Waals surface area (Å²) in [5.74, 6) is -1.60. The maximum atomic E-state index is 13.0. The number of nitrogens with zero attached hydrogens (tertiary/aromatic N) is 3. The van der Waals surface area contributed by atoms with Crippen LogP contribution >= 0.6 is 0 Å². The summed E-state index contributed by atoms with van der Waals surface area (Å²) in [5, 5.41) is 16.3. The molecule has 0 amide bonds. The lowest BCUT2D eigenvalue weighted by Crippen LogP contribution is -2.09. The maximum Gasteiger partial charge on any atom is 0.356 e. The van der Waals surface area contributed by atoms with Crippen molar-refractivity contribution in [1.82, 2.24) is 15.0 Å². The van der Waals surface area contributed by atoms with Gasteiger partial charge in [-0.1, -0.05) is 11.3 Å². The molecule has 0 fully saturated rings. The van der Waals surface area contributed by atoms with Crippen LogP contribution in [0.4, 0.5) is 4.39 Å². The van der Waals surface area contributed by atoms with Crippen LogP contribution in [-0.2, 0) is 0 Å². The zero-order valence-electron chi connectivity index (χ0n) is 8.38. The lowest BCUT2D eigenvalue weighted by molar-refractivity contribution is 0.0686. The second-order valence-electron chi connectivity index (χ2n) is 3.22. The van der Waals surface area contributed by atoms with Crippen molar-refractivity contribution in [3.63, 3.8) is 0 Å². The minimum atomic E-state index is -1.15. The molecule has 5 nitrogen and oxygen atoms in total. The normalized spacial score (nSPS) is 10.4. The van der Waals surface area contributed by atoms with Gasteiger partial charge in [-0.2, -0.15) is 0 Å². The number of aryl methyl sites for hydroxylation is 1. The number of hydrogen-bond acceptors (Lipinski definition) is 3. The molecule has 2 aromatic rings. The third kappa shape index (κ3) is 1.65. The molecule has 16 heavy (non-hydrogen) atoms. The zero-order chi connectivity index (χ0) is 11.7. The zero-order valence-corrected chi connectivity index (χ0v) is 8.38. The molecule has 0 aliphatic heterocycles. The summed E-state index contributed by atoms with van der Waals surface area (Å²) < 4.78 is 14.1. The first-order chi connectivity index (χ1) is 7.59. The highest BCUT2D eigenvalue weighted by Gasteiger charge is 2.17. The van der Waals surface area contributed by atoms with Crippen LogP contribution in [0.15, 0.2) is 24.3 Å². The summed E-state index contributed by atoms with van der Waals surface area (Å²) in [5.41, 5.74) is 0.556. The topological polar surface area (TPSA) is 68.0 Å². The number of carboxylic acids is 1. The minimum Gasteiger partial charge on any atom is -0.476 e. The van der Waals surface area contributed by atoms with E-state index in [0.29, 0.717) is 5.69 Å². The van der Waals surface area contributed by atoms with Gasteiger partial charge in [0.25, 0.3) is 0 Å². The van der Waals surface area contributed by atoms with Gasteiger partial charge in [-0.05, 0) is 25.1 Å². The van der Waals surface area contributed by atoms with E-state index in [1.165, 1.54) is 25.1 Å². The van der Waals surface area contributed by atoms with Crippen molar-refractivity contribution >= 4 is 5.97 Å². The Kier molecular flexibility index (Phi) is 2.40. The van der Waals surface area contributed by atoms with Gasteiger partial charge in [0.1, 0.15) is 5.82 Å². The van der Waals surface area contributed by atoms with Crippen molar-refractivity contribution in [1.29, 1.82) is 0 Å². The highest BCUT2D eigenvalue weighted by molar-refractivity contribution is 5.87. The predicted molar refractivity (Wildman–Crippen MR) is 53.0 cm³/mol. The number of carboxylic acid groups (broad SMARTS) is 1. The number of halogens is 1. The van der Waals surface area contributed by atoms with E-state index in [-0.39, 0.29) is 11.4 Å². The fourth-order valence-electron chi connectivity index (χ4n) is 1.39. The second kappa shape index (κ2) is 3.73. The Balaban J connectivity index is 2.60. The lowest BCUT2D eigenvalue weighted by Gasteiger charge is -2.02. The van der Waals surface area contributed by atoms with Crippen LogP contribution in [0, 0.1) is 12.7 Å². The Morgan fingerprint density at radius 2 is 2.25 bits per heavy atom. The van der Waals surface area contributed by atoms with E-state index in [9.17, 15) is 9.18 Å². The SMILES string of the molecule is Cc1nnn(-c2cccc(F)c2)c1C(=O)O. The Morgan fingerprint density at radius 3 is 2.88 bits per heavy atom. The van der Waals surface area contributed by atoms with Crippen LogP contribution in [0.25, 0.3) is 5.69 Å². The third-order valence-corrected chi connectivity index (χ3v) is 2.09. The Bertz CT molecular complexity index is 551. The molecule has 0 atom stereocenters. The van der Waals surface area contributed by atoms with Gasteiger partial charge in [-0.25, -0.2) is 13.9 Å². The number of rotatable bonds is 2. The van der Waals surface area contributed by atoms with Crippen LogP contribution in [0.5, 0.6) is 0 Å². The fraction of sp³-hybridized carbons (Fsp3) is 0.100. The fourth-order valence-corrected chi connectivity index (χ4v) is 1.39. The average Bonchev–Trinajstić information content (AvgIpc) is 2.60. The molecular weight excluding hydrogens is 213 g/mol. The molecule has 1 aromatic heterocycles. The molecule has 0 saturated heterocycles. The standard InChI is InChI=1S/C10H8FN3O2/c1-6-9(10(15)16)14(13-12-6)8-4-2-3-7(11)5-8/h2-5H,1H3,(H,15,16). The van der Waals surface area contributed by atoms with Gasteiger partial charge in [0.2, 0.25) is 0 Å². The maximum absolute atomic E-state index is 13.0. The van der Waals surface area contributed by atoms with Gasteiger partial charge < -0.3 is 5.11 Å². The van der Waals surface area contributed by atoms with Crippen molar-refractivity contribution in [3.05, 3.63) is 41.5 Å². The molecule has 0 spiro atoms. The van der Waals surface area contributed by atoms with Crippen molar-refractivity contribution in [2.45, 2.75) is 6.92 Å². The van der Waals surface area contributed by atoms with Gasteiger partial charge in [0, 0.05) is 0 Å². The van der Waals surface area contributed by atoms with E-state index in [1.807, 2.05) is 0 Å². The molecule has 0 aliphatic rings. The van der Waals surface area contributed by atoms with Crippen molar-refractivity contribution < 1.29 is 14.3 Å². The van der Waals surface area contributed by atoms with Crippen molar-refractivity contribution in [3.8, 4) is 5.69 Å². The molecule has 0 radical (unpaired) electrons. The van der Waals surface area contributed by atoms with Gasteiger partial charge in [0.05, 0.1) is 11.4 Å². The van der Waals surface area contributed by atoms with E-state index in [4.69, 9.17) is 5.11 Å². The monoisotopic (exact) mass is 221 g/mol. The Hall–Kier alpha value is -2.24. The second-order valence-corrected chi connectivity index (χ2v) is 3.22. The van der Waals surface area contributed by atoms with Crippen LogP contribution in [-0.4, -0.2) is 26.1 Å². The smallest absolute Gasteiger partial charge is 0.356 e.